The fourth-order valence-corrected chi connectivity index (χ4v) is 2.25. The fourth-order valence-electron chi connectivity index (χ4n) is 2.25. The predicted molar refractivity (Wildman–Crippen MR) is 75.9 cm³/mol. The van der Waals surface area contributed by atoms with Crippen molar-refractivity contribution in [2.24, 2.45) is 0 Å². The highest BCUT2D eigenvalue weighted by molar-refractivity contribution is 5.51. The molecule has 5 heteroatoms. The normalized spacial score (nSPS) is 14.2. The Morgan fingerprint density at radius 2 is 1.86 bits per heavy atom. The lowest BCUT2D eigenvalue weighted by molar-refractivity contribution is 0.174. The Labute approximate surface area is 122 Å². The van der Waals surface area contributed by atoms with Crippen molar-refractivity contribution in [1.29, 1.82) is 0 Å². The van der Waals surface area contributed by atoms with Gasteiger partial charge in [0, 0.05) is 24.2 Å². The number of rotatable bonds is 4. The Hall–Kier alpha value is -2.27. The Bertz CT molecular complexity index is 643. The van der Waals surface area contributed by atoms with Crippen LogP contribution in [-0.4, -0.2) is 11.9 Å². The number of benzene rings is 2. The van der Waals surface area contributed by atoms with Crippen molar-refractivity contribution < 1.29 is 19.0 Å². The van der Waals surface area contributed by atoms with Gasteiger partial charge in [0.2, 0.25) is 6.79 Å². The quantitative estimate of drug-likeness (QED) is 0.908. The van der Waals surface area contributed by atoms with Crippen molar-refractivity contribution in [3.8, 4) is 17.2 Å². The predicted octanol–water partition coefficient (Wildman–Crippen LogP) is 3.11. The first-order chi connectivity index (χ1) is 10.1. The van der Waals surface area contributed by atoms with Gasteiger partial charge in [-0.05, 0) is 30.7 Å². The van der Waals surface area contributed by atoms with Crippen molar-refractivity contribution in [3.63, 3.8) is 0 Å². The first kappa shape index (κ1) is 13.7. The molecule has 1 atom stereocenters. The third-order valence-electron chi connectivity index (χ3n) is 3.54. The average molecular weight is 289 g/mol. The standard InChI is InChI=1S/C16H16FNO3/c1-10(11-2-4-13(17)5-3-11)18-8-12-6-15-16(7-14(12)19)21-9-20-15/h2-7,10,18-19H,8-9H2,1H3/t10-/m1/s1. The molecule has 4 nitrogen and oxygen atoms in total. The summed E-state index contributed by atoms with van der Waals surface area (Å²) in [6.45, 7) is 2.63. The third-order valence-corrected chi connectivity index (χ3v) is 3.54. The summed E-state index contributed by atoms with van der Waals surface area (Å²) in [7, 11) is 0. The van der Waals surface area contributed by atoms with E-state index in [4.69, 9.17) is 9.47 Å². The number of fused-ring (bicyclic) bond motifs is 1. The monoisotopic (exact) mass is 289 g/mol. The van der Waals surface area contributed by atoms with Gasteiger partial charge in [-0.1, -0.05) is 12.1 Å². The zero-order valence-corrected chi connectivity index (χ0v) is 11.6. The van der Waals surface area contributed by atoms with Crippen LogP contribution in [0.25, 0.3) is 0 Å². The molecule has 3 rings (SSSR count). The van der Waals surface area contributed by atoms with Crippen LogP contribution in [0, 0.1) is 5.82 Å². The summed E-state index contributed by atoms with van der Waals surface area (Å²) in [6.07, 6.45) is 0. The molecule has 21 heavy (non-hydrogen) atoms. The number of phenols is 1. The van der Waals surface area contributed by atoms with E-state index in [-0.39, 0.29) is 24.4 Å². The molecule has 0 radical (unpaired) electrons. The first-order valence-electron chi connectivity index (χ1n) is 6.74. The molecule has 0 amide bonds. The second-order valence-corrected chi connectivity index (χ2v) is 4.99. The number of aromatic hydroxyl groups is 1. The molecule has 0 fully saturated rings. The van der Waals surface area contributed by atoms with Crippen LogP contribution in [0.3, 0.4) is 0 Å². The highest BCUT2D eigenvalue weighted by Crippen LogP contribution is 2.37. The molecule has 0 aromatic heterocycles. The highest BCUT2D eigenvalue weighted by atomic mass is 19.1. The van der Waals surface area contributed by atoms with Gasteiger partial charge in [-0.3, -0.25) is 0 Å². The van der Waals surface area contributed by atoms with E-state index in [2.05, 4.69) is 5.32 Å². The van der Waals surface area contributed by atoms with E-state index in [1.807, 2.05) is 6.92 Å². The molecule has 1 aliphatic heterocycles. The van der Waals surface area contributed by atoms with Crippen molar-refractivity contribution in [2.45, 2.75) is 19.5 Å². The molecule has 0 unspecified atom stereocenters. The second-order valence-electron chi connectivity index (χ2n) is 4.99. The van der Waals surface area contributed by atoms with E-state index in [0.717, 1.165) is 11.1 Å². The van der Waals surface area contributed by atoms with Crippen LogP contribution >= 0.6 is 0 Å². The minimum Gasteiger partial charge on any atom is -0.507 e. The fraction of sp³-hybridized carbons (Fsp3) is 0.250. The van der Waals surface area contributed by atoms with E-state index in [0.29, 0.717) is 18.0 Å². The summed E-state index contributed by atoms with van der Waals surface area (Å²) in [5.74, 6) is 1.11. The van der Waals surface area contributed by atoms with Crippen molar-refractivity contribution >= 4 is 0 Å². The van der Waals surface area contributed by atoms with Gasteiger partial charge in [0.1, 0.15) is 11.6 Å². The number of ether oxygens (including phenoxy) is 2. The molecule has 0 bridgehead atoms. The lowest BCUT2D eigenvalue weighted by Crippen LogP contribution is -2.18. The SMILES string of the molecule is C[C@@H](NCc1cc2c(cc1O)OCO2)c1ccc(F)cc1. The van der Waals surface area contributed by atoms with Crippen LogP contribution in [-0.2, 0) is 6.54 Å². The van der Waals surface area contributed by atoms with Gasteiger partial charge in [-0.25, -0.2) is 4.39 Å². The topological polar surface area (TPSA) is 50.7 Å². The Morgan fingerprint density at radius 3 is 2.57 bits per heavy atom. The van der Waals surface area contributed by atoms with E-state index in [1.165, 1.54) is 12.1 Å². The molecular weight excluding hydrogens is 273 g/mol. The van der Waals surface area contributed by atoms with Crippen LogP contribution in [0.15, 0.2) is 36.4 Å². The van der Waals surface area contributed by atoms with E-state index in [1.54, 1.807) is 24.3 Å². The first-order valence-corrected chi connectivity index (χ1v) is 6.74. The molecule has 2 aromatic rings. The maximum atomic E-state index is 12.9. The molecule has 1 aliphatic rings. The van der Waals surface area contributed by atoms with Gasteiger partial charge in [-0.2, -0.15) is 0 Å². The maximum Gasteiger partial charge on any atom is 0.231 e. The number of nitrogens with one attached hydrogen (secondary N) is 1. The number of hydrogen-bond acceptors (Lipinski definition) is 4. The van der Waals surface area contributed by atoms with Crippen LogP contribution in [0.4, 0.5) is 4.39 Å². The largest absolute Gasteiger partial charge is 0.507 e. The van der Waals surface area contributed by atoms with Crippen LogP contribution < -0.4 is 14.8 Å². The molecule has 0 spiro atoms. The molecule has 2 aromatic carbocycles. The molecule has 2 N–H and O–H groups in total. The van der Waals surface area contributed by atoms with Crippen molar-refractivity contribution in [3.05, 3.63) is 53.3 Å². The summed E-state index contributed by atoms with van der Waals surface area (Å²) in [4.78, 5) is 0. The van der Waals surface area contributed by atoms with Gasteiger partial charge in [0.05, 0.1) is 0 Å². The summed E-state index contributed by atoms with van der Waals surface area (Å²) in [5.41, 5.74) is 1.71. The molecule has 0 aliphatic carbocycles. The summed E-state index contributed by atoms with van der Waals surface area (Å²) >= 11 is 0. The van der Waals surface area contributed by atoms with Gasteiger partial charge in [0.15, 0.2) is 11.5 Å². The summed E-state index contributed by atoms with van der Waals surface area (Å²) in [6, 6.07) is 9.72. The number of halogens is 1. The van der Waals surface area contributed by atoms with Gasteiger partial charge in [-0.15, -0.1) is 0 Å². The van der Waals surface area contributed by atoms with E-state index in [9.17, 15) is 9.50 Å². The van der Waals surface area contributed by atoms with Crippen LogP contribution in [0.5, 0.6) is 17.2 Å². The van der Waals surface area contributed by atoms with Crippen LogP contribution in [0.2, 0.25) is 0 Å². The average Bonchev–Trinajstić information content (AvgIpc) is 2.92. The second kappa shape index (κ2) is 5.61. The highest BCUT2D eigenvalue weighted by Gasteiger charge is 2.17. The van der Waals surface area contributed by atoms with E-state index < -0.39 is 0 Å². The van der Waals surface area contributed by atoms with Crippen LogP contribution in [0.1, 0.15) is 24.1 Å². The van der Waals surface area contributed by atoms with Gasteiger partial charge in [0.25, 0.3) is 0 Å². The van der Waals surface area contributed by atoms with Crippen molar-refractivity contribution in [1.82, 2.24) is 5.32 Å². The summed E-state index contributed by atoms with van der Waals surface area (Å²) < 4.78 is 23.4. The smallest absolute Gasteiger partial charge is 0.231 e. The minimum absolute atomic E-state index is 0.0374. The zero-order valence-electron chi connectivity index (χ0n) is 11.6. The molecule has 1 heterocycles. The zero-order chi connectivity index (χ0) is 14.8. The molecule has 0 saturated carbocycles. The third kappa shape index (κ3) is 2.92. The maximum absolute atomic E-state index is 12.9. The van der Waals surface area contributed by atoms with E-state index >= 15 is 0 Å². The van der Waals surface area contributed by atoms with Gasteiger partial charge < -0.3 is 19.9 Å². The molecule has 110 valence electrons. The lowest BCUT2D eigenvalue weighted by Gasteiger charge is -2.15. The Balaban J connectivity index is 1.68. The number of hydrogen-bond donors (Lipinski definition) is 2. The molecule has 0 saturated heterocycles. The lowest BCUT2D eigenvalue weighted by atomic mass is 10.1. The van der Waals surface area contributed by atoms with Gasteiger partial charge >= 0.3 is 0 Å². The Morgan fingerprint density at radius 1 is 1.19 bits per heavy atom. The molecular formula is C16H16FNO3. The Kier molecular flexibility index (Phi) is 3.66. The van der Waals surface area contributed by atoms with Crippen molar-refractivity contribution in [2.75, 3.05) is 6.79 Å². The summed E-state index contributed by atoms with van der Waals surface area (Å²) in [5, 5.41) is 13.3. The minimum atomic E-state index is -0.251. The number of phenolic OH excluding ortho intramolecular Hbond substituents is 1.